The van der Waals surface area contributed by atoms with Crippen LogP contribution >= 0.6 is 23.2 Å². The second-order valence-electron chi connectivity index (χ2n) is 9.52. The SMILES string of the molecule is COc1ccc(CN2C(=O)[C@@H](Cc3ccccc3Cl)N=C(c3ccc(C)c(C)c3)c3cc(Cl)ccc32)cc1. The van der Waals surface area contributed by atoms with Gasteiger partial charge in [0.2, 0.25) is 0 Å². The second-order valence-corrected chi connectivity index (χ2v) is 10.4. The van der Waals surface area contributed by atoms with E-state index in [4.69, 9.17) is 32.9 Å². The van der Waals surface area contributed by atoms with Gasteiger partial charge in [-0.05, 0) is 78.6 Å². The van der Waals surface area contributed by atoms with Crippen molar-refractivity contribution < 1.29 is 9.53 Å². The summed E-state index contributed by atoms with van der Waals surface area (Å²) in [6, 6.07) is 26.6. The monoisotopic (exact) mass is 542 g/mol. The van der Waals surface area contributed by atoms with Gasteiger partial charge in [0.15, 0.2) is 0 Å². The third-order valence-corrected chi connectivity index (χ3v) is 7.60. The summed E-state index contributed by atoms with van der Waals surface area (Å²) < 4.78 is 5.32. The molecule has 1 heterocycles. The summed E-state index contributed by atoms with van der Waals surface area (Å²) in [5.41, 5.74) is 7.49. The molecule has 4 aromatic rings. The third kappa shape index (κ3) is 5.33. The summed E-state index contributed by atoms with van der Waals surface area (Å²) in [5, 5.41) is 1.21. The average molecular weight is 543 g/mol. The van der Waals surface area contributed by atoms with Gasteiger partial charge in [-0.3, -0.25) is 9.79 Å². The maximum absolute atomic E-state index is 14.3. The zero-order chi connectivity index (χ0) is 26.8. The fourth-order valence-electron chi connectivity index (χ4n) is 4.71. The van der Waals surface area contributed by atoms with Gasteiger partial charge in [-0.25, -0.2) is 0 Å². The van der Waals surface area contributed by atoms with E-state index in [1.165, 1.54) is 5.56 Å². The highest BCUT2D eigenvalue weighted by Crippen LogP contribution is 2.34. The number of amides is 1. The Morgan fingerprint density at radius 1 is 0.895 bits per heavy atom. The number of fused-ring (bicyclic) bond motifs is 1. The minimum absolute atomic E-state index is 0.0943. The van der Waals surface area contributed by atoms with Crippen LogP contribution in [0.1, 0.15) is 33.4 Å². The number of ether oxygens (including phenoxy) is 1. The van der Waals surface area contributed by atoms with Crippen LogP contribution in [0.3, 0.4) is 0 Å². The molecular weight excluding hydrogens is 515 g/mol. The number of carbonyl (C=O) groups is 1. The molecule has 0 radical (unpaired) electrons. The summed E-state index contributed by atoms with van der Waals surface area (Å²) >= 11 is 13.0. The van der Waals surface area contributed by atoms with Crippen molar-refractivity contribution in [1.29, 1.82) is 0 Å². The Labute approximate surface area is 233 Å². The van der Waals surface area contributed by atoms with Gasteiger partial charge in [0.05, 0.1) is 25.1 Å². The third-order valence-electron chi connectivity index (χ3n) is 6.99. The van der Waals surface area contributed by atoms with Crippen molar-refractivity contribution in [2.24, 2.45) is 4.99 Å². The van der Waals surface area contributed by atoms with E-state index in [0.29, 0.717) is 23.0 Å². The Morgan fingerprint density at radius 2 is 1.66 bits per heavy atom. The number of methoxy groups -OCH3 is 1. The molecule has 192 valence electrons. The van der Waals surface area contributed by atoms with Crippen LogP contribution in [-0.4, -0.2) is 24.8 Å². The summed E-state index contributed by atoms with van der Waals surface area (Å²) in [5.74, 6) is 0.670. The zero-order valence-corrected chi connectivity index (χ0v) is 23.1. The maximum Gasteiger partial charge on any atom is 0.252 e. The largest absolute Gasteiger partial charge is 0.497 e. The Hall–Kier alpha value is -3.60. The molecule has 0 saturated carbocycles. The number of benzodiazepines with no additional fused rings is 1. The fourth-order valence-corrected chi connectivity index (χ4v) is 5.10. The van der Waals surface area contributed by atoms with Crippen LogP contribution in [0.4, 0.5) is 5.69 Å². The van der Waals surface area contributed by atoms with Gasteiger partial charge in [-0.15, -0.1) is 0 Å². The summed E-state index contributed by atoms with van der Waals surface area (Å²) in [6.45, 7) is 4.54. The number of nitrogens with zero attached hydrogens (tertiary/aromatic N) is 2. The minimum atomic E-state index is -0.670. The Balaban J connectivity index is 1.67. The number of halogens is 2. The minimum Gasteiger partial charge on any atom is -0.497 e. The van der Waals surface area contributed by atoms with Gasteiger partial charge in [0.1, 0.15) is 11.8 Å². The lowest BCUT2D eigenvalue weighted by Gasteiger charge is -2.26. The first kappa shape index (κ1) is 26.0. The van der Waals surface area contributed by atoms with Crippen molar-refractivity contribution in [2.75, 3.05) is 12.0 Å². The number of anilines is 1. The molecule has 4 nitrogen and oxygen atoms in total. The molecule has 1 amide bonds. The number of aliphatic imine (C=N–C) groups is 1. The average Bonchev–Trinajstić information content (AvgIpc) is 3.02. The van der Waals surface area contributed by atoms with Crippen LogP contribution in [-0.2, 0) is 17.8 Å². The Morgan fingerprint density at radius 3 is 2.37 bits per heavy atom. The number of rotatable bonds is 6. The van der Waals surface area contributed by atoms with Crippen molar-refractivity contribution in [3.05, 3.63) is 128 Å². The van der Waals surface area contributed by atoms with E-state index < -0.39 is 6.04 Å². The predicted molar refractivity (Wildman–Crippen MR) is 156 cm³/mol. The molecule has 0 saturated heterocycles. The number of benzene rings is 4. The molecular formula is C32H28Cl2N2O2. The van der Waals surface area contributed by atoms with Gasteiger partial charge in [0.25, 0.3) is 5.91 Å². The number of aryl methyl sites for hydroxylation is 2. The van der Waals surface area contributed by atoms with Crippen molar-refractivity contribution >= 4 is 40.5 Å². The molecule has 1 atom stereocenters. The Bertz CT molecular complexity index is 1530. The van der Waals surface area contributed by atoms with Crippen molar-refractivity contribution in [2.45, 2.75) is 32.9 Å². The summed E-state index contributed by atoms with van der Waals surface area (Å²) in [7, 11) is 1.64. The number of hydrogen-bond donors (Lipinski definition) is 0. The first-order valence-corrected chi connectivity index (χ1v) is 13.2. The first-order chi connectivity index (χ1) is 18.3. The van der Waals surface area contributed by atoms with Crippen LogP contribution in [0.5, 0.6) is 5.75 Å². The standard InChI is InChI=1S/C32H28Cl2N2O2/c1-20-8-11-24(16-21(20)2)31-27-18-25(33)12-15-30(27)36(19-22-9-13-26(38-3)14-10-22)32(37)29(35-31)17-23-6-4-5-7-28(23)34/h4-16,18,29H,17,19H2,1-3H3/t29-/m1/s1. The molecule has 0 aliphatic carbocycles. The van der Waals surface area contributed by atoms with Crippen LogP contribution < -0.4 is 9.64 Å². The molecule has 0 aromatic heterocycles. The van der Waals surface area contributed by atoms with Crippen LogP contribution in [0.25, 0.3) is 0 Å². The van der Waals surface area contributed by atoms with E-state index in [0.717, 1.165) is 45.0 Å². The van der Waals surface area contributed by atoms with Gasteiger partial charge >= 0.3 is 0 Å². The highest BCUT2D eigenvalue weighted by Gasteiger charge is 2.33. The van der Waals surface area contributed by atoms with Gasteiger partial charge in [0, 0.05) is 27.6 Å². The van der Waals surface area contributed by atoms with E-state index >= 15 is 0 Å². The van der Waals surface area contributed by atoms with Gasteiger partial charge in [-0.1, -0.05) is 65.7 Å². The molecule has 0 fully saturated rings. The van der Waals surface area contributed by atoms with E-state index in [1.54, 1.807) is 7.11 Å². The molecule has 0 N–H and O–H groups in total. The van der Waals surface area contributed by atoms with Crippen LogP contribution in [0.15, 0.2) is 89.9 Å². The van der Waals surface area contributed by atoms with Gasteiger partial charge in [-0.2, -0.15) is 0 Å². The molecule has 0 bridgehead atoms. The number of hydrogen-bond acceptors (Lipinski definition) is 3. The summed E-state index contributed by atoms with van der Waals surface area (Å²) in [4.78, 5) is 21.2. The molecule has 1 aliphatic rings. The molecule has 0 unspecified atom stereocenters. The second kappa shape index (κ2) is 11.0. The van der Waals surface area contributed by atoms with E-state index in [2.05, 4.69) is 32.0 Å². The Kier molecular flexibility index (Phi) is 7.55. The van der Waals surface area contributed by atoms with E-state index in [9.17, 15) is 4.79 Å². The maximum atomic E-state index is 14.3. The predicted octanol–water partition coefficient (Wildman–Crippen LogP) is 7.61. The molecule has 0 spiro atoms. The van der Waals surface area contributed by atoms with Crippen LogP contribution in [0.2, 0.25) is 10.0 Å². The molecule has 4 aromatic carbocycles. The fraction of sp³-hybridized carbons (Fsp3) is 0.188. The lowest BCUT2D eigenvalue weighted by Crippen LogP contribution is -2.38. The normalized spacial score (nSPS) is 15.1. The van der Waals surface area contributed by atoms with Crippen molar-refractivity contribution in [3.8, 4) is 5.75 Å². The molecule has 38 heavy (non-hydrogen) atoms. The summed E-state index contributed by atoms with van der Waals surface area (Å²) in [6.07, 6.45) is 0.383. The smallest absolute Gasteiger partial charge is 0.252 e. The topological polar surface area (TPSA) is 41.9 Å². The van der Waals surface area contributed by atoms with Gasteiger partial charge < -0.3 is 9.64 Å². The van der Waals surface area contributed by atoms with E-state index in [-0.39, 0.29) is 5.91 Å². The molecule has 1 aliphatic heterocycles. The highest BCUT2D eigenvalue weighted by atomic mass is 35.5. The lowest BCUT2D eigenvalue weighted by molar-refractivity contribution is -0.119. The molecule has 5 rings (SSSR count). The number of carbonyl (C=O) groups excluding carboxylic acids is 1. The van der Waals surface area contributed by atoms with Crippen molar-refractivity contribution in [1.82, 2.24) is 0 Å². The quantitative estimate of drug-likeness (QED) is 0.251. The molecule has 6 heteroatoms. The highest BCUT2D eigenvalue weighted by molar-refractivity contribution is 6.32. The first-order valence-electron chi connectivity index (χ1n) is 12.5. The van der Waals surface area contributed by atoms with Crippen molar-refractivity contribution in [3.63, 3.8) is 0 Å². The lowest BCUT2D eigenvalue weighted by atomic mass is 9.97. The van der Waals surface area contributed by atoms with E-state index in [1.807, 2.05) is 71.6 Å². The van der Waals surface area contributed by atoms with Crippen LogP contribution in [0, 0.1) is 13.8 Å². The zero-order valence-electron chi connectivity index (χ0n) is 21.5.